The Labute approximate surface area is 157 Å². The molecular weight excluding hydrogens is 364 g/mol. The lowest BCUT2D eigenvalue weighted by Crippen LogP contribution is -2.58. The fraction of sp³-hybridized carbons (Fsp3) is 0.562. The first-order chi connectivity index (χ1) is 11.6. The molecule has 2 aliphatic heterocycles. The molecular formula is C16H23ClN4O3S. The molecule has 0 spiro atoms. The summed E-state index contributed by atoms with van der Waals surface area (Å²) in [7, 11) is 0. The van der Waals surface area contributed by atoms with Gasteiger partial charge in [-0.25, -0.2) is 0 Å². The minimum Gasteiger partial charge on any atom is -0.342 e. The Balaban J connectivity index is 0.00000225. The molecule has 1 aromatic rings. The predicted octanol–water partition coefficient (Wildman–Crippen LogP) is 0.323. The quantitative estimate of drug-likeness (QED) is 0.781. The van der Waals surface area contributed by atoms with E-state index in [1.165, 1.54) is 11.3 Å². The van der Waals surface area contributed by atoms with Crippen LogP contribution in [0.15, 0.2) is 17.5 Å². The standard InChI is InChI=1S/C16H22N4O3S.ClH/c21-14(10-18-16(23)13-4-2-8-24-13)19-6-1-3-12(11-19)20-7-5-17-9-15(20)22;/h2,4,8,12,17H,1,3,5-7,9-11H2,(H,18,23);1H. The minimum absolute atomic E-state index is 0. The van der Waals surface area contributed by atoms with E-state index in [4.69, 9.17) is 0 Å². The van der Waals surface area contributed by atoms with Crippen molar-refractivity contribution in [2.75, 3.05) is 39.3 Å². The number of carbonyl (C=O) groups is 3. The van der Waals surface area contributed by atoms with Crippen LogP contribution >= 0.6 is 23.7 Å². The van der Waals surface area contributed by atoms with Gasteiger partial charge in [0.2, 0.25) is 11.8 Å². The third-order valence-electron chi connectivity index (χ3n) is 4.46. The van der Waals surface area contributed by atoms with Crippen molar-refractivity contribution in [3.63, 3.8) is 0 Å². The second-order valence-corrected chi connectivity index (χ2v) is 7.01. The molecule has 3 amide bonds. The number of hydrogen-bond acceptors (Lipinski definition) is 5. The van der Waals surface area contributed by atoms with Gasteiger partial charge < -0.3 is 20.4 Å². The lowest BCUT2D eigenvalue weighted by molar-refractivity contribution is -0.140. The van der Waals surface area contributed by atoms with Gasteiger partial charge >= 0.3 is 0 Å². The lowest BCUT2D eigenvalue weighted by atomic mass is 10.0. The summed E-state index contributed by atoms with van der Waals surface area (Å²) < 4.78 is 0. The first-order valence-corrected chi connectivity index (χ1v) is 9.13. The Morgan fingerprint density at radius 1 is 1.36 bits per heavy atom. The average Bonchev–Trinajstić information content (AvgIpc) is 3.14. The van der Waals surface area contributed by atoms with Crippen LogP contribution in [0.1, 0.15) is 22.5 Å². The van der Waals surface area contributed by atoms with Gasteiger partial charge in [0.05, 0.1) is 18.0 Å². The minimum atomic E-state index is -0.218. The van der Waals surface area contributed by atoms with E-state index >= 15 is 0 Å². The lowest BCUT2D eigenvalue weighted by Gasteiger charge is -2.41. The molecule has 2 saturated heterocycles. The highest BCUT2D eigenvalue weighted by Gasteiger charge is 2.31. The normalized spacial score (nSPS) is 20.8. The third-order valence-corrected chi connectivity index (χ3v) is 5.33. The average molecular weight is 387 g/mol. The molecule has 25 heavy (non-hydrogen) atoms. The first kappa shape index (κ1) is 19.7. The number of nitrogens with one attached hydrogen (secondary N) is 2. The Morgan fingerprint density at radius 2 is 2.20 bits per heavy atom. The summed E-state index contributed by atoms with van der Waals surface area (Å²) in [4.78, 5) is 40.6. The third kappa shape index (κ3) is 4.93. The molecule has 9 heteroatoms. The SMILES string of the molecule is Cl.O=C(NCC(=O)N1CCCC(N2CCNCC2=O)C1)c1cccs1. The van der Waals surface area contributed by atoms with E-state index < -0.39 is 0 Å². The van der Waals surface area contributed by atoms with Gasteiger partial charge in [-0.3, -0.25) is 14.4 Å². The number of halogens is 1. The molecule has 2 aliphatic rings. The molecule has 1 aromatic heterocycles. The topological polar surface area (TPSA) is 81.8 Å². The fourth-order valence-corrected chi connectivity index (χ4v) is 3.85. The van der Waals surface area contributed by atoms with E-state index in [0.29, 0.717) is 31.1 Å². The van der Waals surface area contributed by atoms with E-state index in [0.717, 1.165) is 19.4 Å². The van der Waals surface area contributed by atoms with Gasteiger partial charge in [0.15, 0.2) is 0 Å². The van der Waals surface area contributed by atoms with Gasteiger partial charge in [-0.15, -0.1) is 23.7 Å². The van der Waals surface area contributed by atoms with Crippen molar-refractivity contribution in [1.82, 2.24) is 20.4 Å². The van der Waals surface area contributed by atoms with Crippen LogP contribution < -0.4 is 10.6 Å². The second kappa shape index (κ2) is 9.17. The number of rotatable bonds is 4. The van der Waals surface area contributed by atoms with Gasteiger partial charge in [-0.2, -0.15) is 0 Å². The first-order valence-electron chi connectivity index (χ1n) is 8.25. The number of piperazine rings is 1. The molecule has 1 unspecified atom stereocenters. The highest BCUT2D eigenvalue weighted by Crippen LogP contribution is 2.17. The maximum atomic E-state index is 12.4. The number of hydrogen-bond donors (Lipinski definition) is 2. The van der Waals surface area contributed by atoms with Crippen LogP contribution in [0.3, 0.4) is 0 Å². The molecule has 1 atom stereocenters. The molecule has 2 fully saturated rings. The van der Waals surface area contributed by atoms with Crippen LogP contribution in [0.4, 0.5) is 0 Å². The molecule has 7 nitrogen and oxygen atoms in total. The predicted molar refractivity (Wildman–Crippen MR) is 98.1 cm³/mol. The molecule has 3 heterocycles. The van der Waals surface area contributed by atoms with E-state index in [9.17, 15) is 14.4 Å². The summed E-state index contributed by atoms with van der Waals surface area (Å²) in [6.07, 6.45) is 1.81. The van der Waals surface area contributed by atoms with Crippen molar-refractivity contribution < 1.29 is 14.4 Å². The monoisotopic (exact) mass is 386 g/mol. The fourth-order valence-electron chi connectivity index (χ4n) is 3.21. The number of likely N-dealkylation sites (tertiary alicyclic amines) is 1. The van der Waals surface area contributed by atoms with Crippen molar-refractivity contribution in [3.05, 3.63) is 22.4 Å². The summed E-state index contributed by atoms with van der Waals surface area (Å²) in [5, 5.41) is 7.57. The van der Waals surface area contributed by atoms with E-state index in [-0.39, 0.29) is 42.7 Å². The Bertz CT molecular complexity index is 611. The number of amides is 3. The van der Waals surface area contributed by atoms with Crippen molar-refractivity contribution in [2.45, 2.75) is 18.9 Å². The van der Waals surface area contributed by atoms with Crippen molar-refractivity contribution in [2.24, 2.45) is 0 Å². The van der Waals surface area contributed by atoms with Gasteiger partial charge in [0, 0.05) is 32.2 Å². The van der Waals surface area contributed by atoms with Crippen molar-refractivity contribution in [1.29, 1.82) is 0 Å². The summed E-state index contributed by atoms with van der Waals surface area (Å²) in [6, 6.07) is 3.63. The zero-order chi connectivity index (χ0) is 16.9. The van der Waals surface area contributed by atoms with Crippen LogP contribution in [0, 0.1) is 0 Å². The summed E-state index contributed by atoms with van der Waals surface area (Å²) >= 11 is 1.35. The number of thiophene rings is 1. The van der Waals surface area contributed by atoms with Crippen LogP contribution in [-0.4, -0.2) is 72.8 Å². The van der Waals surface area contributed by atoms with Gasteiger partial charge in [-0.1, -0.05) is 6.07 Å². The summed E-state index contributed by atoms with van der Waals surface area (Å²) in [6.45, 7) is 3.11. The molecule has 0 aliphatic carbocycles. The van der Waals surface area contributed by atoms with Crippen molar-refractivity contribution >= 4 is 41.5 Å². The zero-order valence-electron chi connectivity index (χ0n) is 13.9. The highest BCUT2D eigenvalue weighted by atomic mass is 35.5. The van der Waals surface area contributed by atoms with Gasteiger partial charge in [-0.05, 0) is 24.3 Å². The molecule has 0 bridgehead atoms. The van der Waals surface area contributed by atoms with Crippen LogP contribution in [0.2, 0.25) is 0 Å². The molecule has 138 valence electrons. The summed E-state index contributed by atoms with van der Waals surface area (Å²) in [5.74, 6) is -0.206. The van der Waals surface area contributed by atoms with E-state index in [1.807, 2.05) is 10.3 Å². The molecule has 0 aromatic carbocycles. The highest BCUT2D eigenvalue weighted by molar-refractivity contribution is 7.12. The number of nitrogens with zero attached hydrogens (tertiary/aromatic N) is 2. The Kier molecular flexibility index (Phi) is 7.22. The second-order valence-electron chi connectivity index (χ2n) is 6.06. The number of carbonyl (C=O) groups excluding carboxylic acids is 3. The van der Waals surface area contributed by atoms with Crippen LogP contribution in [-0.2, 0) is 9.59 Å². The zero-order valence-corrected chi connectivity index (χ0v) is 15.5. The van der Waals surface area contributed by atoms with Crippen LogP contribution in [0.25, 0.3) is 0 Å². The maximum absolute atomic E-state index is 12.4. The molecule has 0 radical (unpaired) electrons. The van der Waals surface area contributed by atoms with Crippen molar-refractivity contribution in [3.8, 4) is 0 Å². The smallest absolute Gasteiger partial charge is 0.261 e. The summed E-state index contributed by atoms with van der Waals surface area (Å²) in [5.41, 5.74) is 0. The molecule has 0 saturated carbocycles. The Morgan fingerprint density at radius 3 is 2.92 bits per heavy atom. The Hall–Kier alpha value is -1.64. The number of piperidine rings is 1. The molecule has 2 N–H and O–H groups in total. The van der Waals surface area contributed by atoms with E-state index in [1.54, 1.807) is 17.0 Å². The van der Waals surface area contributed by atoms with Crippen LogP contribution in [0.5, 0.6) is 0 Å². The molecule has 3 rings (SSSR count). The van der Waals surface area contributed by atoms with Gasteiger partial charge in [0.1, 0.15) is 0 Å². The largest absolute Gasteiger partial charge is 0.342 e. The van der Waals surface area contributed by atoms with Gasteiger partial charge in [0.25, 0.3) is 5.91 Å². The van der Waals surface area contributed by atoms with E-state index in [2.05, 4.69) is 10.6 Å². The maximum Gasteiger partial charge on any atom is 0.261 e.